The summed E-state index contributed by atoms with van der Waals surface area (Å²) in [6.45, 7) is 7.58. The first kappa shape index (κ1) is 15.2. The number of nitriles is 1. The minimum Gasteiger partial charge on any atom is -0.492 e. The Morgan fingerprint density at radius 2 is 1.90 bits per heavy atom. The number of rotatable bonds is 4. The molecule has 108 valence electrons. The zero-order valence-electron chi connectivity index (χ0n) is 12.2. The quantitative estimate of drug-likeness (QED) is 0.851. The molecule has 0 spiro atoms. The van der Waals surface area contributed by atoms with Crippen LogP contribution in [0.1, 0.15) is 24.0 Å². The van der Waals surface area contributed by atoms with Crippen LogP contribution in [-0.2, 0) is 0 Å². The van der Waals surface area contributed by atoms with E-state index in [-0.39, 0.29) is 5.92 Å². The molecule has 3 nitrogen and oxygen atoms in total. The monoisotopic (exact) mass is 292 g/mol. The van der Waals surface area contributed by atoms with E-state index in [0.29, 0.717) is 6.61 Å². The van der Waals surface area contributed by atoms with Crippen molar-refractivity contribution in [2.24, 2.45) is 5.92 Å². The summed E-state index contributed by atoms with van der Waals surface area (Å²) in [4.78, 5) is 2.36. The Hall–Kier alpha value is -1.24. The first-order valence-electron chi connectivity index (χ1n) is 7.11. The third-order valence-corrected chi connectivity index (χ3v) is 4.45. The van der Waals surface area contributed by atoms with Gasteiger partial charge in [-0.05, 0) is 63.0 Å². The molecule has 1 aliphatic heterocycles. The van der Waals surface area contributed by atoms with Crippen LogP contribution in [-0.4, -0.2) is 31.1 Å². The van der Waals surface area contributed by atoms with E-state index in [0.717, 1.165) is 54.4 Å². The van der Waals surface area contributed by atoms with E-state index in [1.165, 1.54) is 0 Å². The van der Waals surface area contributed by atoms with Crippen molar-refractivity contribution in [1.82, 2.24) is 4.90 Å². The first-order valence-corrected chi connectivity index (χ1v) is 7.49. The Morgan fingerprint density at radius 3 is 2.45 bits per heavy atom. The highest BCUT2D eigenvalue weighted by atomic mass is 35.5. The van der Waals surface area contributed by atoms with Crippen molar-refractivity contribution in [2.75, 3.05) is 26.2 Å². The first-order chi connectivity index (χ1) is 9.60. The van der Waals surface area contributed by atoms with Crippen molar-refractivity contribution in [1.29, 1.82) is 5.26 Å². The summed E-state index contributed by atoms with van der Waals surface area (Å²) in [7, 11) is 0. The molecule has 0 aromatic heterocycles. The Balaban J connectivity index is 1.78. The molecule has 0 aliphatic carbocycles. The van der Waals surface area contributed by atoms with Gasteiger partial charge in [-0.3, -0.25) is 4.90 Å². The molecule has 1 saturated heterocycles. The molecule has 4 heteroatoms. The van der Waals surface area contributed by atoms with Gasteiger partial charge in [-0.1, -0.05) is 11.6 Å². The smallest absolute Gasteiger partial charge is 0.119 e. The van der Waals surface area contributed by atoms with E-state index in [1.807, 2.05) is 26.0 Å². The van der Waals surface area contributed by atoms with Crippen molar-refractivity contribution in [3.05, 3.63) is 28.3 Å². The van der Waals surface area contributed by atoms with Crippen molar-refractivity contribution in [3.8, 4) is 11.8 Å². The molecule has 1 fully saturated rings. The molecule has 0 radical (unpaired) electrons. The summed E-state index contributed by atoms with van der Waals surface area (Å²) in [5.74, 6) is 1.13. The molecule has 0 amide bonds. The lowest BCUT2D eigenvalue weighted by molar-refractivity contribution is 0.169. The van der Waals surface area contributed by atoms with Gasteiger partial charge in [-0.2, -0.15) is 5.26 Å². The van der Waals surface area contributed by atoms with E-state index in [4.69, 9.17) is 21.6 Å². The second kappa shape index (κ2) is 6.97. The van der Waals surface area contributed by atoms with Gasteiger partial charge < -0.3 is 4.74 Å². The van der Waals surface area contributed by atoms with Crippen LogP contribution < -0.4 is 4.74 Å². The highest BCUT2D eigenvalue weighted by molar-refractivity contribution is 6.32. The van der Waals surface area contributed by atoms with Crippen LogP contribution in [0.2, 0.25) is 5.02 Å². The van der Waals surface area contributed by atoms with Gasteiger partial charge in [-0.15, -0.1) is 0 Å². The van der Waals surface area contributed by atoms with Gasteiger partial charge in [-0.25, -0.2) is 0 Å². The number of nitrogens with zero attached hydrogens (tertiary/aromatic N) is 2. The predicted molar refractivity (Wildman–Crippen MR) is 81.2 cm³/mol. The summed E-state index contributed by atoms with van der Waals surface area (Å²) >= 11 is 6.14. The number of halogens is 1. The fraction of sp³-hybridized carbons (Fsp3) is 0.562. The maximum Gasteiger partial charge on any atom is 0.119 e. The lowest BCUT2D eigenvalue weighted by Gasteiger charge is -2.28. The molecule has 1 aromatic rings. The molecule has 2 rings (SSSR count). The largest absolute Gasteiger partial charge is 0.492 e. The maximum atomic E-state index is 8.87. The van der Waals surface area contributed by atoms with E-state index in [9.17, 15) is 0 Å². The summed E-state index contributed by atoms with van der Waals surface area (Å²) < 4.78 is 5.81. The SMILES string of the molecule is Cc1cc(OCCN2CCC(C#N)CC2)cc(C)c1Cl. The van der Waals surface area contributed by atoms with Crippen LogP contribution in [0.15, 0.2) is 12.1 Å². The minimum absolute atomic E-state index is 0.244. The third-order valence-electron chi connectivity index (χ3n) is 3.86. The molecule has 1 aromatic carbocycles. The Kier molecular flexibility index (Phi) is 5.28. The molecular weight excluding hydrogens is 272 g/mol. The highest BCUT2D eigenvalue weighted by Crippen LogP contribution is 2.25. The highest BCUT2D eigenvalue weighted by Gasteiger charge is 2.18. The summed E-state index contributed by atoms with van der Waals surface area (Å²) in [5, 5.41) is 9.69. The molecule has 0 bridgehead atoms. The van der Waals surface area contributed by atoms with Crippen LogP contribution in [0, 0.1) is 31.1 Å². The third kappa shape index (κ3) is 3.88. The fourth-order valence-corrected chi connectivity index (χ4v) is 2.68. The van der Waals surface area contributed by atoms with Crippen LogP contribution in [0.25, 0.3) is 0 Å². The lowest BCUT2D eigenvalue weighted by atomic mass is 9.99. The van der Waals surface area contributed by atoms with Gasteiger partial charge >= 0.3 is 0 Å². The Labute approximate surface area is 126 Å². The van der Waals surface area contributed by atoms with Gasteiger partial charge in [0.2, 0.25) is 0 Å². The zero-order valence-corrected chi connectivity index (χ0v) is 12.9. The van der Waals surface area contributed by atoms with Gasteiger partial charge in [0.1, 0.15) is 12.4 Å². The van der Waals surface area contributed by atoms with Crippen LogP contribution in [0.3, 0.4) is 0 Å². The van der Waals surface area contributed by atoms with Crippen molar-refractivity contribution in [2.45, 2.75) is 26.7 Å². The molecule has 1 heterocycles. The summed E-state index contributed by atoms with van der Waals surface area (Å²) in [6, 6.07) is 6.32. The normalized spacial score (nSPS) is 16.9. The number of aryl methyl sites for hydroxylation is 2. The van der Waals surface area contributed by atoms with E-state index in [1.54, 1.807) is 0 Å². The molecular formula is C16H21ClN2O. The van der Waals surface area contributed by atoms with Gasteiger partial charge in [0.15, 0.2) is 0 Å². The number of hydrogen-bond acceptors (Lipinski definition) is 3. The number of ether oxygens (including phenoxy) is 1. The van der Waals surface area contributed by atoms with Gasteiger partial charge in [0.05, 0.1) is 6.07 Å². The molecule has 0 saturated carbocycles. The summed E-state index contributed by atoms with van der Waals surface area (Å²) in [5.41, 5.74) is 2.10. The average Bonchev–Trinajstić information content (AvgIpc) is 2.45. The average molecular weight is 293 g/mol. The van der Waals surface area contributed by atoms with Crippen LogP contribution in [0.5, 0.6) is 5.75 Å². The van der Waals surface area contributed by atoms with E-state index in [2.05, 4.69) is 11.0 Å². The van der Waals surface area contributed by atoms with Crippen LogP contribution >= 0.6 is 11.6 Å². The van der Waals surface area contributed by atoms with Crippen molar-refractivity contribution < 1.29 is 4.74 Å². The molecule has 1 aliphatic rings. The number of hydrogen-bond donors (Lipinski definition) is 0. The van der Waals surface area contributed by atoms with Crippen LogP contribution in [0.4, 0.5) is 0 Å². The van der Waals surface area contributed by atoms with E-state index < -0.39 is 0 Å². The Morgan fingerprint density at radius 1 is 1.30 bits per heavy atom. The van der Waals surface area contributed by atoms with Gasteiger partial charge in [0.25, 0.3) is 0 Å². The molecule has 0 atom stereocenters. The second-order valence-corrected chi connectivity index (χ2v) is 5.84. The number of likely N-dealkylation sites (tertiary alicyclic amines) is 1. The van der Waals surface area contributed by atoms with Crippen molar-refractivity contribution >= 4 is 11.6 Å². The second-order valence-electron chi connectivity index (χ2n) is 5.46. The van der Waals surface area contributed by atoms with E-state index >= 15 is 0 Å². The standard InChI is InChI=1S/C16H21ClN2O/c1-12-9-15(10-13(2)16(12)17)20-8-7-19-5-3-14(11-18)4-6-19/h9-10,14H,3-8H2,1-2H3. The molecule has 20 heavy (non-hydrogen) atoms. The number of benzene rings is 1. The zero-order chi connectivity index (χ0) is 14.5. The molecule has 0 unspecified atom stereocenters. The molecule has 0 N–H and O–H groups in total. The minimum atomic E-state index is 0.244. The maximum absolute atomic E-state index is 8.87. The lowest BCUT2D eigenvalue weighted by Crippen LogP contribution is -2.36. The number of piperidine rings is 1. The summed E-state index contributed by atoms with van der Waals surface area (Å²) in [6.07, 6.45) is 1.96. The Bertz CT molecular complexity index is 479. The fourth-order valence-electron chi connectivity index (χ4n) is 2.57. The van der Waals surface area contributed by atoms with Crippen molar-refractivity contribution in [3.63, 3.8) is 0 Å². The van der Waals surface area contributed by atoms with Gasteiger partial charge in [0, 0.05) is 17.5 Å². The predicted octanol–water partition coefficient (Wildman–Crippen LogP) is 3.57. The topological polar surface area (TPSA) is 36.3 Å².